The number of amidine groups is 1. The third-order valence-corrected chi connectivity index (χ3v) is 5.11. The Morgan fingerprint density at radius 1 is 1.25 bits per heavy atom. The summed E-state index contributed by atoms with van der Waals surface area (Å²) in [6.07, 6.45) is 1.50. The lowest BCUT2D eigenvalue weighted by molar-refractivity contribution is -0.129. The Morgan fingerprint density at radius 3 is 2.64 bits per heavy atom. The van der Waals surface area contributed by atoms with E-state index >= 15 is 0 Å². The second-order valence-corrected chi connectivity index (χ2v) is 7.12. The van der Waals surface area contributed by atoms with E-state index in [4.69, 9.17) is 0 Å². The number of carbonyl (C=O) groups is 2. The van der Waals surface area contributed by atoms with Gasteiger partial charge in [-0.1, -0.05) is 30.0 Å². The van der Waals surface area contributed by atoms with Gasteiger partial charge in [0.05, 0.1) is 0 Å². The lowest BCUT2D eigenvalue weighted by atomic mass is 10.2. The second kappa shape index (κ2) is 8.79. The highest BCUT2D eigenvalue weighted by atomic mass is 32.2. The van der Waals surface area contributed by atoms with E-state index in [0.29, 0.717) is 5.69 Å². The number of para-hydroxylation sites is 1. The zero-order valence-electron chi connectivity index (χ0n) is 14.8. The van der Waals surface area contributed by atoms with E-state index in [9.17, 15) is 18.4 Å². The maximum Gasteiger partial charge on any atom is 0.238 e. The molecule has 2 aromatic rings. The first-order chi connectivity index (χ1) is 13.5. The molecule has 1 N–H and O–H groups in total. The number of nitrogens with one attached hydrogen (secondary N) is 1. The van der Waals surface area contributed by atoms with Crippen LogP contribution in [0.5, 0.6) is 0 Å². The van der Waals surface area contributed by atoms with Crippen LogP contribution in [0.3, 0.4) is 0 Å². The second-order valence-electron chi connectivity index (χ2n) is 5.95. The van der Waals surface area contributed by atoms with Gasteiger partial charge >= 0.3 is 0 Å². The monoisotopic (exact) mass is 401 g/mol. The Morgan fingerprint density at radius 2 is 1.96 bits per heavy atom. The van der Waals surface area contributed by atoms with Gasteiger partial charge in [-0.3, -0.25) is 14.5 Å². The van der Waals surface area contributed by atoms with Gasteiger partial charge in [-0.25, -0.2) is 13.8 Å². The lowest BCUT2D eigenvalue weighted by Gasteiger charge is -2.31. The first-order valence-corrected chi connectivity index (χ1v) is 9.33. The number of halogens is 2. The van der Waals surface area contributed by atoms with Gasteiger partial charge in [0.25, 0.3) is 0 Å². The molecule has 5 nitrogen and oxygen atoms in total. The minimum absolute atomic E-state index is 0.0399. The summed E-state index contributed by atoms with van der Waals surface area (Å²) < 4.78 is 27.0. The molecule has 3 rings (SSSR count). The molecule has 0 aromatic heterocycles. The third-order valence-electron chi connectivity index (χ3n) is 3.92. The highest BCUT2D eigenvalue weighted by molar-refractivity contribution is 8.15. The van der Waals surface area contributed by atoms with Gasteiger partial charge in [-0.05, 0) is 36.4 Å². The molecule has 1 atom stereocenters. The number of thioether (sulfide) groups is 1. The predicted octanol–water partition coefficient (Wildman–Crippen LogP) is 4.11. The van der Waals surface area contributed by atoms with Crippen molar-refractivity contribution < 1.29 is 18.4 Å². The number of nitrogens with zero attached hydrogens (tertiary/aromatic N) is 2. The van der Waals surface area contributed by atoms with Crippen LogP contribution in [0.1, 0.15) is 6.42 Å². The highest BCUT2D eigenvalue weighted by Gasteiger charge is 2.35. The Balaban J connectivity index is 1.84. The van der Waals surface area contributed by atoms with E-state index in [1.54, 1.807) is 12.1 Å². The van der Waals surface area contributed by atoms with E-state index in [1.807, 2.05) is 0 Å². The van der Waals surface area contributed by atoms with E-state index < -0.39 is 22.8 Å². The molecule has 0 spiro atoms. The predicted molar refractivity (Wildman–Crippen MR) is 106 cm³/mol. The molecule has 1 fully saturated rings. The fourth-order valence-electron chi connectivity index (χ4n) is 2.55. The van der Waals surface area contributed by atoms with Crippen molar-refractivity contribution in [3.63, 3.8) is 0 Å². The van der Waals surface area contributed by atoms with Gasteiger partial charge in [0.15, 0.2) is 5.17 Å². The molecular formula is C20H17F2N3O2S. The van der Waals surface area contributed by atoms with Crippen molar-refractivity contribution >= 4 is 40.1 Å². The molecule has 1 aliphatic rings. The summed E-state index contributed by atoms with van der Waals surface area (Å²) in [6.45, 7) is 3.82. The van der Waals surface area contributed by atoms with E-state index in [2.05, 4.69) is 16.9 Å². The van der Waals surface area contributed by atoms with E-state index in [0.717, 1.165) is 11.8 Å². The molecule has 2 aromatic carbocycles. The number of amides is 2. The van der Waals surface area contributed by atoms with Crippen molar-refractivity contribution in [2.45, 2.75) is 11.7 Å². The standard InChI is InChI=1S/C20H17F2N3O2S/c1-2-11-25-18(26)12-17(19(27)23-14-9-7-13(21)8-10-14)28-20(25)24-16-6-4-3-5-15(16)22/h2-10,17H,1,11-12H2,(H,23,27). The summed E-state index contributed by atoms with van der Waals surface area (Å²) >= 11 is 1.07. The largest absolute Gasteiger partial charge is 0.325 e. The van der Waals surface area contributed by atoms with Gasteiger partial charge in [-0.15, -0.1) is 6.58 Å². The summed E-state index contributed by atoms with van der Waals surface area (Å²) in [5.41, 5.74) is 0.493. The molecule has 0 radical (unpaired) electrons. The van der Waals surface area contributed by atoms with Gasteiger partial charge in [0.1, 0.15) is 22.6 Å². The zero-order valence-corrected chi connectivity index (χ0v) is 15.6. The molecule has 0 saturated carbocycles. The summed E-state index contributed by atoms with van der Waals surface area (Å²) in [6, 6.07) is 11.2. The highest BCUT2D eigenvalue weighted by Crippen LogP contribution is 2.30. The molecule has 28 heavy (non-hydrogen) atoms. The molecule has 2 amide bonds. The molecule has 0 bridgehead atoms. The maximum atomic E-state index is 14.0. The van der Waals surface area contributed by atoms with Gasteiger partial charge in [0, 0.05) is 18.7 Å². The van der Waals surface area contributed by atoms with Crippen molar-refractivity contribution in [2.24, 2.45) is 4.99 Å². The molecule has 1 heterocycles. The molecule has 0 aliphatic carbocycles. The number of anilines is 1. The van der Waals surface area contributed by atoms with Crippen molar-refractivity contribution in [2.75, 3.05) is 11.9 Å². The average molecular weight is 401 g/mol. The lowest BCUT2D eigenvalue weighted by Crippen LogP contribution is -2.45. The Bertz CT molecular complexity index is 931. The molecule has 144 valence electrons. The van der Waals surface area contributed by atoms with Crippen LogP contribution in [0.4, 0.5) is 20.2 Å². The van der Waals surface area contributed by atoms with Crippen LogP contribution in [-0.4, -0.2) is 33.7 Å². The SMILES string of the molecule is C=CCN1C(=O)CC(C(=O)Nc2ccc(F)cc2)SC1=Nc1ccccc1F. The average Bonchev–Trinajstić information content (AvgIpc) is 2.68. The van der Waals surface area contributed by atoms with Gasteiger partial charge in [0.2, 0.25) is 11.8 Å². The number of benzene rings is 2. The van der Waals surface area contributed by atoms with Crippen molar-refractivity contribution in [3.05, 3.63) is 72.8 Å². The van der Waals surface area contributed by atoms with Crippen molar-refractivity contribution in [3.8, 4) is 0 Å². The first-order valence-electron chi connectivity index (χ1n) is 8.45. The van der Waals surface area contributed by atoms with Crippen LogP contribution in [0, 0.1) is 11.6 Å². The zero-order chi connectivity index (χ0) is 20.1. The summed E-state index contributed by atoms with van der Waals surface area (Å²) in [5.74, 6) is -1.67. The van der Waals surface area contributed by atoms with E-state index in [1.165, 1.54) is 47.4 Å². The number of rotatable bonds is 5. The Labute approximate surface area is 165 Å². The number of aliphatic imine (C=N–C) groups is 1. The normalized spacial score (nSPS) is 18.2. The van der Waals surface area contributed by atoms with Crippen molar-refractivity contribution in [1.82, 2.24) is 4.90 Å². The number of hydrogen-bond acceptors (Lipinski definition) is 4. The minimum Gasteiger partial charge on any atom is -0.325 e. The fraction of sp³-hybridized carbons (Fsp3) is 0.150. The minimum atomic E-state index is -0.746. The van der Waals surface area contributed by atoms with Crippen LogP contribution >= 0.6 is 11.8 Å². The smallest absolute Gasteiger partial charge is 0.238 e. The van der Waals surface area contributed by atoms with Crippen LogP contribution < -0.4 is 5.32 Å². The van der Waals surface area contributed by atoms with E-state index in [-0.39, 0.29) is 29.7 Å². The van der Waals surface area contributed by atoms with Crippen molar-refractivity contribution in [1.29, 1.82) is 0 Å². The Kier molecular flexibility index (Phi) is 6.20. The van der Waals surface area contributed by atoms with Crippen LogP contribution in [0.2, 0.25) is 0 Å². The topological polar surface area (TPSA) is 61.8 Å². The number of hydrogen-bond donors (Lipinski definition) is 1. The molecular weight excluding hydrogens is 384 g/mol. The molecule has 1 aliphatic heterocycles. The van der Waals surface area contributed by atoms with Crippen LogP contribution in [-0.2, 0) is 9.59 Å². The van der Waals surface area contributed by atoms with Crippen LogP contribution in [0.15, 0.2) is 66.2 Å². The molecule has 1 unspecified atom stereocenters. The fourth-order valence-corrected chi connectivity index (χ4v) is 3.65. The molecule has 1 saturated heterocycles. The summed E-state index contributed by atoms with van der Waals surface area (Å²) in [7, 11) is 0. The summed E-state index contributed by atoms with van der Waals surface area (Å²) in [4.78, 5) is 30.7. The van der Waals surface area contributed by atoms with Gasteiger partial charge < -0.3 is 5.32 Å². The molecule has 8 heteroatoms. The quantitative estimate of drug-likeness (QED) is 0.767. The number of carbonyl (C=O) groups excluding carboxylic acids is 2. The Hall–Kier alpha value is -3.00. The van der Waals surface area contributed by atoms with Gasteiger partial charge in [-0.2, -0.15) is 0 Å². The summed E-state index contributed by atoms with van der Waals surface area (Å²) in [5, 5.41) is 2.13. The van der Waals surface area contributed by atoms with Crippen LogP contribution in [0.25, 0.3) is 0 Å². The maximum absolute atomic E-state index is 14.0. The third kappa shape index (κ3) is 4.64. The first kappa shape index (κ1) is 19.8.